The van der Waals surface area contributed by atoms with Crippen molar-refractivity contribution in [1.29, 1.82) is 0 Å². The van der Waals surface area contributed by atoms with Crippen molar-refractivity contribution in [2.24, 2.45) is 0 Å². The van der Waals surface area contributed by atoms with E-state index in [0.717, 1.165) is 12.0 Å². The quantitative estimate of drug-likeness (QED) is 0.588. The Balaban J connectivity index is 1.59. The summed E-state index contributed by atoms with van der Waals surface area (Å²) in [5.41, 5.74) is 2.45. The number of nitrogens with zero attached hydrogens (tertiary/aromatic N) is 3. The van der Waals surface area contributed by atoms with Crippen LogP contribution in [0.5, 0.6) is 0 Å². The summed E-state index contributed by atoms with van der Waals surface area (Å²) >= 11 is 6.20. The maximum absolute atomic E-state index is 12.4. The summed E-state index contributed by atoms with van der Waals surface area (Å²) in [6.45, 7) is 0.495. The summed E-state index contributed by atoms with van der Waals surface area (Å²) in [4.78, 5) is 19.7. The number of fused-ring (bicyclic) bond motifs is 1. The van der Waals surface area contributed by atoms with E-state index in [2.05, 4.69) is 27.2 Å². The summed E-state index contributed by atoms with van der Waals surface area (Å²) in [5.74, 6) is 0.648. The Morgan fingerprint density at radius 1 is 1.00 bits per heavy atom. The second-order valence-corrected chi connectivity index (χ2v) is 6.56. The summed E-state index contributed by atoms with van der Waals surface area (Å²) in [6.07, 6.45) is 3.19. The molecule has 5 nitrogen and oxygen atoms in total. The topological polar surface area (TPSA) is 63.6 Å². The average Bonchev–Trinajstić information content (AvgIpc) is 3.06. The molecule has 6 heteroatoms. The van der Waals surface area contributed by atoms with Gasteiger partial charge in [-0.05, 0) is 23.6 Å². The highest BCUT2D eigenvalue weighted by Gasteiger charge is 2.10. The Morgan fingerprint density at radius 3 is 2.58 bits per heavy atom. The average molecular weight is 365 g/mol. The number of aromatic nitrogens is 4. The van der Waals surface area contributed by atoms with E-state index in [1.54, 1.807) is 10.9 Å². The molecule has 0 unspecified atom stereocenters. The van der Waals surface area contributed by atoms with Crippen LogP contribution in [-0.2, 0) is 19.4 Å². The van der Waals surface area contributed by atoms with Gasteiger partial charge in [0.1, 0.15) is 11.2 Å². The Labute approximate surface area is 155 Å². The van der Waals surface area contributed by atoms with E-state index in [1.165, 1.54) is 5.56 Å². The van der Waals surface area contributed by atoms with Gasteiger partial charge in [0.15, 0.2) is 5.65 Å². The first kappa shape index (κ1) is 16.5. The van der Waals surface area contributed by atoms with Crippen LogP contribution in [-0.4, -0.2) is 19.7 Å². The molecule has 0 fully saturated rings. The number of rotatable bonds is 5. The number of hydrogen-bond acceptors (Lipinski definition) is 3. The Hall–Kier alpha value is -2.92. The molecule has 0 bridgehead atoms. The molecule has 0 atom stereocenters. The first-order chi connectivity index (χ1) is 12.7. The number of aryl methyl sites for hydroxylation is 2. The lowest BCUT2D eigenvalue weighted by Gasteiger charge is -2.03. The molecule has 2 heterocycles. The second kappa shape index (κ2) is 7.14. The predicted molar refractivity (Wildman–Crippen MR) is 103 cm³/mol. The van der Waals surface area contributed by atoms with Gasteiger partial charge in [0.2, 0.25) is 0 Å². The SMILES string of the molecule is O=c1[nH]c(CCc2ccccc2)nc2nn(Cc3ccccc3Cl)cc12. The molecular formula is C20H17ClN4O. The fraction of sp³-hybridized carbons (Fsp3) is 0.150. The van der Waals surface area contributed by atoms with Crippen LogP contribution in [0.2, 0.25) is 5.02 Å². The Bertz CT molecular complexity index is 1100. The molecule has 26 heavy (non-hydrogen) atoms. The fourth-order valence-electron chi connectivity index (χ4n) is 2.92. The van der Waals surface area contributed by atoms with Crippen LogP contribution in [0.15, 0.2) is 65.6 Å². The molecule has 0 aliphatic rings. The minimum atomic E-state index is -0.163. The summed E-state index contributed by atoms with van der Waals surface area (Å²) in [7, 11) is 0. The molecule has 0 amide bonds. The zero-order chi connectivity index (χ0) is 17.9. The van der Waals surface area contributed by atoms with Crippen molar-refractivity contribution in [1.82, 2.24) is 19.7 Å². The molecule has 2 aromatic carbocycles. The zero-order valence-corrected chi connectivity index (χ0v) is 14.8. The lowest BCUT2D eigenvalue weighted by molar-refractivity contribution is 0.692. The molecule has 4 aromatic rings. The number of nitrogens with one attached hydrogen (secondary N) is 1. The monoisotopic (exact) mass is 364 g/mol. The maximum Gasteiger partial charge on any atom is 0.262 e. The molecule has 0 aliphatic heterocycles. The molecule has 0 aliphatic carbocycles. The molecule has 130 valence electrons. The van der Waals surface area contributed by atoms with Gasteiger partial charge < -0.3 is 4.98 Å². The number of halogens is 1. The number of aromatic amines is 1. The second-order valence-electron chi connectivity index (χ2n) is 6.15. The van der Waals surface area contributed by atoms with Gasteiger partial charge >= 0.3 is 0 Å². The van der Waals surface area contributed by atoms with Crippen molar-refractivity contribution in [2.75, 3.05) is 0 Å². The van der Waals surface area contributed by atoms with Gasteiger partial charge in [-0.25, -0.2) is 4.98 Å². The van der Waals surface area contributed by atoms with E-state index in [0.29, 0.717) is 34.8 Å². The van der Waals surface area contributed by atoms with Crippen molar-refractivity contribution >= 4 is 22.6 Å². The number of benzene rings is 2. The minimum absolute atomic E-state index is 0.163. The molecule has 0 saturated carbocycles. The van der Waals surface area contributed by atoms with E-state index in [1.807, 2.05) is 42.5 Å². The third-order valence-electron chi connectivity index (χ3n) is 4.27. The molecule has 2 aromatic heterocycles. The lowest BCUT2D eigenvalue weighted by atomic mass is 10.1. The van der Waals surface area contributed by atoms with Crippen molar-refractivity contribution < 1.29 is 0 Å². The van der Waals surface area contributed by atoms with Crippen LogP contribution < -0.4 is 5.56 Å². The standard InChI is InChI=1S/C20H17ClN4O/c21-17-9-5-4-8-15(17)12-25-13-16-19(24-25)22-18(23-20(16)26)11-10-14-6-2-1-3-7-14/h1-9,13H,10-12H2,(H,22,23,24,26). The highest BCUT2D eigenvalue weighted by molar-refractivity contribution is 6.31. The van der Waals surface area contributed by atoms with Gasteiger partial charge in [-0.2, -0.15) is 5.10 Å². The Kier molecular flexibility index (Phi) is 4.54. The normalized spacial score (nSPS) is 11.1. The largest absolute Gasteiger partial charge is 0.310 e. The van der Waals surface area contributed by atoms with Crippen LogP contribution >= 0.6 is 11.6 Å². The van der Waals surface area contributed by atoms with Crippen LogP contribution in [0.3, 0.4) is 0 Å². The molecule has 1 N–H and O–H groups in total. The van der Waals surface area contributed by atoms with Gasteiger partial charge in [0.25, 0.3) is 5.56 Å². The number of H-pyrrole nitrogens is 1. The van der Waals surface area contributed by atoms with E-state index in [-0.39, 0.29) is 5.56 Å². The fourth-order valence-corrected chi connectivity index (χ4v) is 3.11. The zero-order valence-electron chi connectivity index (χ0n) is 14.0. The first-order valence-corrected chi connectivity index (χ1v) is 8.80. The van der Waals surface area contributed by atoms with Crippen LogP contribution in [0.4, 0.5) is 0 Å². The number of hydrogen-bond donors (Lipinski definition) is 1. The van der Waals surface area contributed by atoms with Crippen LogP contribution in [0, 0.1) is 0 Å². The van der Waals surface area contributed by atoms with Crippen molar-refractivity contribution in [3.63, 3.8) is 0 Å². The molecule has 4 rings (SSSR count). The minimum Gasteiger partial charge on any atom is -0.310 e. The molecule has 0 radical (unpaired) electrons. The van der Waals surface area contributed by atoms with Gasteiger partial charge in [0, 0.05) is 17.6 Å². The first-order valence-electron chi connectivity index (χ1n) is 8.43. The molecule has 0 spiro atoms. The van der Waals surface area contributed by atoms with Crippen molar-refractivity contribution in [3.8, 4) is 0 Å². The Morgan fingerprint density at radius 2 is 1.77 bits per heavy atom. The molecule has 0 saturated heterocycles. The van der Waals surface area contributed by atoms with Crippen molar-refractivity contribution in [2.45, 2.75) is 19.4 Å². The predicted octanol–water partition coefficient (Wildman–Crippen LogP) is 3.61. The maximum atomic E-state index is 12.4. The summed E-state index contributed by atoms with van der Waals surface area (Å²) < 4.78 is 1.70. The van der Waals surface area contributed by atoms with E-state index in [4.69, 9.17) is 11.6 Å². The van der Waals surface area contributed by atoms with E-state index >= 15 is 0 Å². The van der Waals surface area contributed by atoms with Gasteiger partial charge in [-0.3, -0.25) is 9.48 Å². The highest BCUT2D eigenvalue weighted by atomic mass is 35.5. The van der Waals surface area contributed by atoms with Gasteiger partial charge in [-0.15, -0.1) is 0 Å². The lowest BCUT2D eigenvalue weighted by Crippen LogP contribution is -2.11. The highest BCUT2D eigenvalue weighted by Crippen LogP contribution is 2.17. The van der Waals surface area contributed by atoms with E-state index in [9.17, 15) is 4.79 Å². The van der Waals surface area contributed by atoms with Gasteiger partial charge in [-0.1, -0.05) is 60.1 Å². The third-order valence-corrected chi connectivity index (χ3v) is 4.64. The molecular weight excluding hydrogens is 348 g/mol. The van der Waals surface area contributed by atoms with Crippen LogP contribution in [0.1, 0.15) is 17.0 Å². The smallest absolute Gasteiger partial charge is 0.262 e. The van der Waals surface area contributed by atoms with E-state index < -0.39 is 0 Å². The summed E-state index contributed by atoms with van der Waals surface area (Å²) in [6, 6.07) is 17.7. The third kappa shape index (κ3) is 3.53. The van der Waals surface area contributed by atoms with Crippen molar-refractivity contribution in [3.05, 3.63) is 93.1 Å². The van der Waals surface area contributed by atoms with Crippen LogP contribution in [0.25, 0.3) is 11.0 Å². The summed E-state index contributed by atoms with van der Waals surface area (Å²) in [5, 5.41) is 5.62. The van der Waals surface area contributed by atoms with Gasteiger partial charge in [0.05, 0.1) is 6.54 Å².